The molecular formula is C26H29FN4O2. The van der Waals surface area contributed by atoms with Crippen LogP contribution in [-0.4, -0.2) is 45.9 Å². The van der Waals surface area contributed by atoms with Crippen LogP contribution in [0.3, 0.4) is 0 Å². The molecule has 0 saturated carbocycles. The van der Waals surface area contributed by atoms with Crippen LogP contribution in [0.5, 0.6) is 0 Å². The van der Waals surface area contributed by atoms with Crippen LogP contribution in [0, 0.1) is 12.7 Å². The van der Waals surface area contributed by atoms with Crippen molar-refractivity contribution in [1.82, 2.24) is 14.4 Å². The van der Waals surface area contributed by atoms with Gasteiger partial charge in [0.05, 0.1) is 6.04 Å². The summed E-state index contributed by atoms with van der Waals surface area (Å²) < 4.78 is 16.1. The highest BCUT2D eigenvalue weighted by molar-refractivity contribution is 5.92. The summed E-state index contributed by atoms with van der Waals surface area (Å²) in [6.07, 6.45) is 2.70. The summed E-state index contributed by atoms with van der Waals surface area (Å²) in [6.45, 7) is 5.51. The average Bonchev–Trinajstić information content (AvgIpc) is 3.28. The van der Waals surface area contributed by atoms with E-state index in [4.69, 9.17) is 0 Å². The predicted molar refractivity (Wildman–Crippen MR) is 126 cm³/mol. The number of halogens is 1. The van der Waals surface area contributed by atoms with E-state index in [-0.39, 0.29) is 24.3 Å². The van der Waals surface area contributed by atoms with Gasteiger partial charge in [-0.1, -0.05) is 36.8 Å². The summed E-state index contributed by atoms with van der Waals surface area (Å²) in [4.78, 5) is 29.7. The molecule has 0 spiro atoms. The van der Waals surface area contributed by atoms with E-state index >= 15 is 0 Å². The first-order valence-corrected chi connectivity index (χ1v) is 11.3. The van der Waals surface area contributed by atoms with E-state index in [9.17, 15) is 14.0 Å². The smallest absolute Gasteiger partial charge is 0.322 e. The van der Waals surface area contributed by atoms with E-state index < -0.39 is 6.04 Å². The van der Waals surface area contributed by atoms with Crippen molar-refractivity contribution in [1.29, 1.82) is 0 Å². The van der Waals surface area contributed by atoms with Gasteiger partial charge in [-0.25, -0.2) is 9.18 Å². The molecule has 2 heterocycles. The van der Waals surface area contributed by atoms with Gasteiger partial charge < -0.3 is 19.7 Å². The van der Waals surface area contributed by atoms with Gasteiger partial charge in [0.2, 0.25) is 5.91 Å². The largest absolute Gasteiger partial charge is 0.348 e. The van der Waals surface area contributed by atoms with Gasteiger partial charge in [0.25, 0.3) is 0 Å². The van der Waals surface area contributed by atoms with Crippen LogP contribution in [0.1, 0.15) is 36.2 Å². The van der Waals surface area contributed by atoms with Crippen LogP contribution in [0.15, 0.2) is 66.9 Å². The van der Waals surface area contributed by atoms with E-state index in [2.05, 4.69) is 9.88 Å². The van der Waals surface area contributed by atoms with Gasteiger partial charge in [0, 0.05) is 37.2 Å². The molecule has 6 nitrogen and oxygen atoms in total. The quantitative estimate of drug-likeness (QED) is 0.588. The van der Waals surface area contributed by atoms with Gasteiger partial charge >= 0.3 is 6.03 Å². The molecule has 1 atom stereocenters. The molecule has 1 aliphatic rings. The molecule has 0 unspecified atom stereocenters. The molecule has 0 aliphatic carbocycles. The zero-order valence-electron chi connectivity index (χ0n) is 19.0. The van der Waals surface area contributed by atoms with E-state index in [1.54, 1.807) is 15.9 Å². The molecule has 0 saturated heterocycles. The van der Waals surface area contributed by atoms with Crippen molar-refractivity contribution in [2.75, 3.05) is 25.0 Å². The lowest BCUT2D eigenvalue weighted by atomic mass is 9.99. The van der Waals surface area contributed by atoms with E-state index in [1.165, 1.54) is 12.1 Å². The third-order valence-electron chi connectivity index (χ3n) is 5.93. The Labute approximate surface area is 193 Å². The molecule has 4 rings (SSSR count). The molecule has 1 N–H and O–H groups in total. The number of anilines is 1. The maximum absolute atomic E-state index is 14.0. The van der Waals surface area contributed by atoms with E-state index in [0.717, 1.165) is 17.7 Å². The number of carbonyl (C=O) groups is 2. The number of hydrogen-bond donors (Lipinski definition) is 1. The van der Waals surface area contributed by atoms with E-state index in [0.29, 0.717) is 30.9 Å². The van der Waals surface area contributed by atoms with Crippen LogP contribution >= 0.6 is 0 Å². The molecule has 1 aliphatic heterocycles. The van der Waals surface area contributed by atoms with Crippen molar-refractivity contribution in [3.63, 3.8) is 0 Å². The van der Waals surface area contributed by atoms with Crippen LogP contribution in [0.4, 0.5) is 14.9 Å². The second-order valence-corrected chi connectivity index (χ2v) is 8.39. The Bertz CT molecular complexity index is 1130. The number of aromatic nitrogens is 1. The fraction of sp³-hybridized carbons (Fsp3) is 0.308. The first kappa shape index (κ1) is 22.6. The zero-order chi connectivity index (χ0) is 23.4. The maximum Gasteiger partial charge on any atom is 0.322 e. The number of carbonyl (C=O) groups excluding carboxylic acids is 2. The summed E-state index contributed by atoms with van der Waals surface area (Å²) >= 11 is 0. The van der Waals surface area contributed by atoms with Gasteiger partial charge in [-0.05, 0) is 55.3 Å². The summed E-state index contributed by atoms with van der Waals surface area (Å²) in [7, 11) is 0. The summed E-state index contributed by atoms with van der Waals surface area (Å²) in [5.41, 5.74) is 3.44. The third-order valence-corrected chi connectivity index (χ3v) is 5.93. The zero-order valence-corrected chi connectivity index (χ0v) is 19.0. The minimum atomic E-state index is -0.402. The van der Waals surface area contributed by atoms with Crippen molar-refractivity contribution in [2.24, 2.45) is 0 Å². The van der Waals surface area contributed by atoms with Gasteiger partial charge in [0.15, 0.2) is 0 Å². The minimum Gasteiger partial charge on any atom is -0.348 e. The van der Waals surface area contributed by atoms with Crippen molar-refractivity contribution in [2.45, 2.75) is 32.9 Å². The number of aryl methyl sites for hydroxylation is 1. The lowest BCUT2D eigenvalue weighted by Gasteiger charge is -2.38. The highest BCUT2D eigenvalue weighted by Crippen LogP contribution is 2.33. The molecule has 0 fully saturated rings. The van der Waals surface area contributed by atoms with E-state index in [1.807, 2.05) is 62.5 Å². The molecule has 172 valence electrons. The Hall–Kier alpha value is -3.61. The number of nitrogens with one attached hydrogen (secondary N) is 1. The molecular weight excluding hydrogens is 419 g/mol. The summed E-state index contributed by atoms with van der Waals surface area (Å²) in [5, 5.41) is 2.89. The summed E-state index contributed by atoms with van der Waals surface area (Å²) in [5.74, 6) is -0.502. The number of nitrogens with zero attached hydrogens (tertiary/aromatic N) is 3. The lowest BCUT2D eigenvalue weighted by molar-refractivity contribution is -0.134. The Morgan fingerprint density at radius 1 is 1.09 bits per heavy atom. The monoisotopic (exact) mass is 448 g/mol. The molecule has 3 aromatic rings. The first-order chi connectivity index (χ1) is 16.0. The molecule has 7 heteroatoms. The number of benzene rings is 2. The highest BCUT2D eigenvalue weighted by Gasteiger charge is 2.33. The molecule has 33 heavy (non-hydrogen) atoms. The number of amides is 3. The van der Waals surface area contributed by atoms with Gasteiger partial charge in [-0.15, -0.1) is 0 Å². The molecule has 0 radical (unpaired) electrons. The average molecular weight is 449 g/mol. The third kappa shape index (κ3) is 5.08. The van der Waals surface area contributed by atoms with Gasteiger partial charge in [0.1, 0.15) is 12.4 Å². The molecule has 3 amide bonds. The Morgan fingerprint density at radius 2 is 1.88 bits per heavy atom. The maximum atomic E-state index is 14.0. The lowest BCUT2D eigenvalue weighted by Crippen LogP contribution is -2.48. The minimum absolute atomic E-state index is 0.0436. The van der Waals surface area contributed by atoms with Crippen molar-refractivity contribution in [3.05, 3.63) is 89.5 Å². The van der Waals surface area contributed by atoms with Crippen molar-refractivity contribution >= 4 is 17.6 Å². The van der Waals surface area contributed by atoms with Crippen LogP contribution in [0.2, 0.25) is 0 Å². The normalized spacial score (nSPS) is 15.1. The first-order valence-electron chi connectivity index (χ1n) is 11.3. The fourth-order valence-corrected chi connectivity index (χ4v) is 4.30. The summed E-state index contributed by atoms with van der Waals surface area (Å²) in [6, 6.07) is 17.1. The Balaban J connectivity index is 1.55. The van der Waals surface area contributed by atoms with Crippen LogP contribution in [-0.2, 0) is 11.3 Å². The van der Waals surface area contributed by atoms with Crippen molar-refractivity contribution < 1.29 is 14.0 Å². The Kier molecular flexibility index (Phi) is 6.77. The van der Waals surface area contributed by atoms with Crippen molar-refractivity contribution in [3.8, 4) is 0 Å². The van der Waals surface area contributed by atoms with Crippen LogP contribution in [0.25, 0.3) is 0 Å². The number of rotatable bonds is 6. The second-order valence-electron chi connectivity index (χ2n) is 8.39. The molecule has 2 aromatic carbocycles. The van der Waals surface area contributed by atoms with Gasteiger partial charge in [-0.2, -0.15) is 0 Å². The molecule has 0 bridgehead atoms. The number of urea groups is 1. The standard InChI is InChI=1S/C26H29FN4O2/c1-3-13-30(26(33)28-22-11-9-19(2)10-12-22)18-24(32)31-16-15-29-14-5-8-23(29)25(31)20-6-4-7-21(27)17-20/h4-12,14,17,25H,3,13,15-16,18H2,1-2H3,(H,28,33)/t25-/m0/s1. The second kappa shape index (κ2) is 9.90. The van der Waals surface area contributed by atoms with Gasteiger partial charge in [-0.3, -0.25) is 4.79 Å². The number of fused-ring (bicyclic) bond motifs is 1. The molecule has 1 aromatic heterocycles. The fourth-order valence-electron chi connectivity index (χ4n) is 4.30. The Morgan fingerprint density at radius 3 is 2.61 bits per heavy atom. The SMILES string of the molecule is CCCN(CC(=O)N1CCn2cccc2[C@@H]1c1cccc(F)c1)C(=O)Nc1ccc(C)cc1. The van der Waals surface area contributed by atoms with Crippen LogP contribution < -0.4 is 5.32 Å². The topological polar surface area (TPSA) is 57.6 Å². The number of hydrogen-bond acceptors (Lipinski definition) is 2. The predicted octanol–water partition coefficient (Wildman–Crippen LogP) is 4.81. The highest BCUT2D eigenvalue weighted by atomic mass is 19.1.